The second kappa shape index (κ2) is 7.14. The van der Waals surface area contributed by atoms with Crippen molar-refractivity contribution < 1.29 is 9.90 Å². The summed E-state index contributed by atoms with van der Waals surface area (Å²) in [6.45, 7) is 14.9. The van der Waals surface area contributed by atoms with Gasteiger partial charge in [0.05, 0.1) is 0 Å². The Morgan fingerprint density at radius 3 is 2.15 bits per heavy atom. The standard InChI is InChI=1S/C23H31NO2/c1-15(25)18-10-8-9-11-20(18)24-14-16-12-17(22(2,3)4)13-19(21(16)26)23(5,6)7/h8-13,24,26H,14H2,1-7H3. The van der Waals surface area contributed by atoms with Crippen molar-refractivity contribution in [1.82, 2.24) is 0 Å². The number of para-hydroxylation sites is 1. The molecule has 0 saturated heterocycles. The lowest BCUT2D eigenvalue weighted by atomic mass is 9.79. The van der Waals surface area contributed by atoms with Crippen LogP contribution in [0.5, 0.6) is 5.75 Å². The minimum absolute atomic E-state index is 0.0141. The molecule has 26 heavy (non-hydrogen) atoms. The van der Waals surface area contributed by atoms with Gasteiger partial charge in [0, 0.05) is 23.4 Å². The average molecular weight is 354 g/mol. The molecule has 3 heteroatoms. The van der Waals surface area contributed by atoms with Gasteiger partial charge in [0.2, 0.25) is 0 Å². The molecule has 2 aromatic rings. The highest BCUT2D eigenvalue weighted by atomic mass is 16.3. The summed E-state index contributed by atoms with van der Waals surface area (Å²) < 4.78 is 0. The van der Waals surface area contributed by atoms with Crippen molar-refractivity contribution >= 4 is 11.5 Å². The number of rotatable bonds is 4. The lowest BCUT2D eigenvalue weighted by Crippen LogP contribution is -2.18. The molecular formula is C23H31NO2. The van der Waals surface area contributed by atoms with Crippen LogP contribution in [-0.2, 0) is 17.4 Å². The van der Waals surface area contributed by atoms with Gasteiger partial charge in [-0.2, -0.15) is 0 Å². The van der Waals surface area contributed by atoms with Crippen LogP contribution in [0.4, 0.5) is 5.69 Å². The third kappa shape index (κ3) is 4.46. The second-order valence-corrected chi connectivity index (χ2v) is 8.99. The summed E-state index contributed by atoms with van der Waals surface area (Å²) in [7, 11) is 0. The number of carbonyl (C=O) groups excluding carboxylic acids is 1. The lowest BCUT2D eigenvalue weighted by Gasteiger charge is -2.27. The summed E-state index contributed by atoms with van der Waals surface area (Å²) in [5.41, 5.74) is 4.27. The number of carbonyl (C=O) groups is 1. The zero-order valence-electron chi connectivity index (χ0n) is 17.0. The van der Waals surface area contributed by atoms with Crippen molar-refractivity contribution in [3.63, 3.8) is 0 Å². The molecule has 0 heterocycles. The summed E-state index contributed by atoms with van der Waals surface area (Å²) in [5.74, 6) is 0.356. The van der Waals surface area contributed by atoms with E-state index >= 15 is 0 Å². The first kappa shape index (κ1) is 20.0. The average Bonchev–Trinajstić information content (AvgIpc) is 2.51. The molecule has 2 rings (SSSR count). The molecule has 0 aliphatic heterocycles. The lowest BCUT2D eigenvalue weighted by molar-refractivity contribution is 0.101. The van der Waals surface area contributed by atoms with E-state index in [2.05, 4.69) is 59.0 Å². The van der Waals surface area contributed by atoms with Crippen LogP contribution < -0.4 is 5.32 Å². The molecule has 3 nitrogen and oxygen atoms in total. The molecule has 0 atom stereocenters. The van der Waals surface area contributed by atoms with Crippen molar-refractivity contribution in [3.05, 3.63) is 58.7 Å². The number of hydrogen-bond acceptors (Lipinski definition) is 3. The quantitative estimate of drug-likeness (QED) is 0.683. The molecule has 2 aromatic carbocycles. The molecule has 0 aliphatic rings. The minimum Gasteiger partial charge on any atom is -0.507 e. The van der Waals surface area contributed by atoms with Crippen molar-refractivity contribution in [2.45, 2.75) is 65.8 Å². The Bertz CT molecular complexity index is 808. The van der Waals surface area contributed by atoms with Gasteiger partial charge in [0.15, 0.2) is 5.78 Å². The fraction of sp³-hybridized carbons (Fsp3) is 0.435. The molecule has 0 aliphatic carbocycles. The number of nitrogens with one attached hydrogen (secondary N) is 1. The maximum Gasteiger partial charge on any atom is 0.161 e. The van der Waals surface area contributed by atoms with E-state index in [0.29, 0.717) is 17.9 Å². The Kier molecular flexibility index (Phi) is 5.50. The summed E-state index contributed by atoms with van der Waals surface area (Å²) in [6, 6.07) is 11.6. The SMILES string of the molecule is CC(=O)c1ccccc1NCc1cc(C(C)(C)C)cc(C(C)(C)C)c1O. The van der Waals surface area contributed by atoms with Crippen LogP contribution in [0.1, 0.15) is 75.5 Å². The van der Waals surface area contributed by atoms with Crippen molar-refractivity contribution in [2.24, 2.45) is 0 Å². The van der Waals surface area contributed by atoms with Gasteiger partial charge >= 0.3 is 0 Å². The van der Waals surface area contributed by atoms with Crippen LogP contribution in [0.25, 0.3) is 0 Å². The molecule has 0 radical (unpaired) electrons. The highest BCUT2D eigenvalue weighted by molar-refractivity contribution is 5.99. The van der Waals surface area contributed by atoms with E-state index in [1.165, 1.54) is 5.56 Å². The van der Waals surface area contributed by atoms with Gasteiger partial charge < -0.3 is 10.4 Å². The van der Waals surface area contributed by atoms with Gasteiger partial charge in [-0.05, 0) is 47.1 Å². The normalized spacial score (nSPS) is 12.1. The number of phenols is 1. The smallest absolute Gasteiger partial charge is 0.161 e. The van der Waals surface area contributed by atoms with Crippen molar-refractivity contribution in [1.29, 1.82) is 0 Å². The van der Waals surface area contributed by atoms with E-state index in [-0.39, 0.29) is 16.6 Å². The predicted octanol–water partition coefficient (Wildman–Crippen LogP) is 5.80. The van der Waals surface area contributed by atoms with E-state index in [9.17, 15) is 9.90 Å². The van der Waals surface area contributed by atoms with Crippen LogP contribution >= 0.6 is 0 Å². The summed E-state index contributed by atoms with van der Waals surface area (Å²) in [4.78, 5) is 11.8. The number of anilines is 1. The summed E-state index contributed by atoms with van der Waals surface area (Å²) in [6.07, 6.45) is 0. The van der Waals surface area contributed by atoms with Gasteiger partial charge in [0.1, 0.15) is 5.75 Å². The van der Waals surface area contributed by atoms with Gasteiger partial charge in [-0.1, -0.05) is 59.7 Å². The van der Waals surface area contributed by atoms with E-state index in [1.54, 1.807) is 6.92 Å². The Morgan fingerprint density at radius 2 is 1.62 bits per heavy atom. The van der Waals surface area contributed by atoms with Gasteiger partial charge in [-0.3, -0.25) is 4.79 Å². The monoisotopic (exact) mass is 353 g/mol. The first-order valence-electron chi connectivity index (χ1n) is 9.12. The third-order valence-electron chi connectivity index (χ3n) is 4.64. The van der Waals surface area contributed by atoms with Crippen LogP contribution in [0, 0.1) is 0 Å². The van der Waals surface area contributed by atoms with Gasteiger partial charge in [-0.15, -0.1) is 0 Å². The van der Waals surface area contributed by atoms with Crippen molar-refractivity contribution in [3.8, 4) is 5.75 Å². The fourth-order valence-corrected chi connectivity index (χ4v) is 2.97. The zero-order chi connectivity index (χ0) is 19.7. The maximum atomic E-state index is 11.8. The third-order valence-corrected chi connectivity index (χ3v) is 4.64. The van der Waals surface area contributed by atoms with Crippen LogP contribution in [0.3, 0.4) is 0 Å². The molecular weight excluding hydrogens is 322 g/mol. The van der Waals surface area contributed by atoms with E-state index < -0.39 is 0 Å². The first-order chi connectivity index (χ1) is 11.9. The minimum atomic E-state index is -0.155. The first-order valence-corrected chi connectivity index (χ1v) is 9.12. The molecule has 0 amide bonds. The highest BCUT2D eigenvalue weighted by Gasteiger charge is 2.24. The molecule has 0 bridgehead atoms. The van der Waals surface area contributed by atoms with Crippen LogP contribution in [0.2, 0.25) is 0 Å². The zero-order valence-corrected chi connectivity index (χ0v) is 17.0. The van der Waals surface area contributed by atoms with E-state index in [4.69, 9.17) is 0 Å². The number of ketones is 1. The predicted molar refractivity (Wildman–Crippen MR) is 109 cm³/mol. The topological polar surface area (TPSA) is 49.3 Å². The summed E-state index contributed by atoms with van der Waals surface area (Å²) in [5, 5.41) is 14.2. The van der Waals surface area contributed by atoms with Crippen LogP contribution in [-0.4, -0.2) is 10.9 Å². The Balaban J connectivity index is 2.45. The number of Topliss-reactive ketones (excluding diaryl/α,β-unsaturated/α-hetero) is 1. The Hall–Kier alpha value is -2.29. The largest absolute Gasteiger partial charge is 0.507 e. The number of aromatic hydroxyl groups is 1. The summed E-state index contributed by atoms with van der Waals surface area (Å²) >= 11 is 0. The maximum absolute atomic E-state index is 11.8. The fourth-order valence-electron chi connectivity index (χ4n) is 2.97. The number of benzene rings is 2. The Morgan fingerprint density at radius 1 is 1.00 bits per heavy atom. The second-order valence-electron chi connectivity index (χ2n) is 8.99. The molecule has 2 N–H and O–H groups in total. The number of phenolic OH excluding ortho intramolecular Hbond substituents is 1. The molecule has 140 valence electrons. The van der Waals surface area contributed by atoms with Crippen molar-refractivity contribution in [2.75, 3.05) is 5.32 Å². The highest BCUT2D eigenvalue weighted by Crippen LogP contribution is 2.38. The molecule has 0 spiro atoms. The van der Waals surface area contributed by atoms with E-state index in [0.717, 1.165) is 16.8 Å². The Labute approximate surface area is 157 Å². The molecule has 0 saturated carbocycles. The molecule has 0 fully saturated rings. The van der Waals surface area contributed by atoms with Gasteiger partial charge in [-0.25, -0.2) is 0 Å². The van der Waals surface area contributed by atoms with E-state index in [1.807, 2.05) is 24.3 Å². The molecule has 0 aromatic heterocycles. The number of hydrogen-bond donors (Lipinski definition) is 2. The van der Waals surface area contributed by atoms with Gasteiger partial charge in [0.25, 0.3) is 0 Å². The van der Waals surface area contributed by atoms with Crippen LogP contribution in [0.15, 0.2) is 36.4 Å². The molecule has 0 unspecified atom stereocenters.